The van der Waals surface area contributed by atoms with Gasteiger partial charge < -0.3 is 4.74 Å². The minimum absolute atomic E-state index is 0.0416. The van der Waals surface area contributed by atoms with E-state index in [1.165, 1.54) is 0 Å². The summed E-state index contributed by atoms with van der Waals surface area (Å²) >= 11 is 0. The summed E-state index contributed by atoms with van der Waals surface area (Å²) in [6.45, 7) is 8.54. The molecule has 0 bridgehead atoms. The second kappa shape index (κ2) is 2.83. The smallest absolute Gasteiger partial charge is 0.0857 e. The third-order valence-corrected chi connectivity index (χ3v) is 2.87. The van der Waals surface area contributed by atoms with E-state index in [0.717, 1.165) is 6.42 Å². The van der Waals surface area contributed by atoms with E-state index in [1.807, 2.05) is 23.1 Å². The van der Waals surface area contributed by atoms with E-state index >= 15 is 0 Å². The maximum Gasteiger partial charge on any atom is 0.0857 e. The normalized spacial score (nSPS) is 29.3. The highest BCUT2D eigenvalue weighted by Gasteiger charge is 2.46. The van der Waals surface area contributed by atoms with E-state index in [0.29, 0.717) is 6.04 Å². The van der Waals surface area contributed by atoms with Gasteiger partial charge in [-0.2, -0.15) is 5.10 Å². The predicted octanol–water partition coefficient (Wildman–Crippen LogP) is 2.40. The average molecular weight is 194 g/mol. The quantitative estimate of drug-likeness (QED) is 0.686. The number of rotatable bonds is 1. The fourth-order valence-electron chi connectivity index (χ4n) is 2.41. The molecule has 1 saturated heterocycles. The average Bonchev–Trinajstić information content (AvgIpc) is 2.54. The lowest BCUT2D eigenvalue weighted by molar-refractivity contribution is -0.0737. The van der Waals surface area contributed by atoms with Crippen LogP contribution < -0.4 is 0 Å². The van der Waals surface area contributed by atoms with Crippen molar-refractivity contribution in [3.63, 3.8) is 0 Å². The molecule has 0 saturated carbocycles. The SMILES string of the molecule is CC1(C)C[C@@H](n2cccn2)C(C)(C)O1. The minimum atomic E-state index is -0.129. The molecular formula is C11H18N2O. The van der Waals surface area contributed by atoms with Gasteiger partial charge in [-0.3, -0.25) is 4.68 Å². The van der Waals surface area contributed by atoms with Crippen molar-refractivity contribution in [3.05, 3.63) is 18.5 Å². The number of aromatic nitrogens is 2. The number of nitrogens with zero attached hydrogens (tertiary/aromatic N) is 2. The first-order valence-electron chi connectivity index (χ1n) is 5.10. The van der Waals surface area contributed by atoms with Crippen molar-refractivity contribution < 1.29 is 4.74 Å². The monoisotopic (exact) mass is 194 g/mol. The summed E-state index contributed by atoms with van der Waals surface area (Å²) in [6, 6.07) is 2.30. The molecule has 14 heavy (non-hydrogen) atoms. The molecule has 0 aliphatic carbocycles. The van der Waals surface area contributed by atoms with Gasteiger partial charge in [-0.05, 0) is 33.8 Å². The summed E-state index contributed by atoms with van der Waals surface area (Å²) in [5.74, 6) is 0. The molecule has 1 aliphatic heterocycles. The number of hydrogen-bond acceptors (Lipinski definition) is 2. The fourth-order valence-corrected chi connectivity index (χ4v) is 2.41. The molecule has 78 valence electrons. The first kappa shape index (κ1) is 9.71. The Balaban J connectivity index is 2.29. The van der Waals surface area contributed by atoms with E-state index < -0.39 is 0 Å². The van der Waals surface area contributed by atoms with Crippen molar-refractivity contribution in [1.82, 2.24) is 9.78 Å². The van der Waals surface area contributed by atoms with Gasteiger partial charge in [0.25, 0.3) is 0 Å². The van der Waals surface area contributed by atoms with Gasteiger partial charge in [-0.1, -0.05) is 0 Å². The molecule has 2 heterocycles. The topological polar surface area (TPSA) is 27.1 Å². The summed E-state index contributed by atoms with van der Waals surface area (Å²) in [4.78, 5) is 0. The molecule has 0 aromatic carbocycles. The Morgan fingerprint density at radius 2 is 2.07 bits per heavy atom. The number of ether oxygens (including phenoxy) is 1. The Hall–Kier alpha value is -0.830. The molecular weight excluding hydrogens is 176 g/mol. The Bertz CT molecular complexity index is 314. The van der Waals surface area contributed by atoms with Gasteiger partial charge in [0.05, 0.1) is 17.2 Å². The highest BCUT2D eigenvalue weighted by atomic mass is 16.5. The van der Waals surface area contributed by atoms with E-state index in [9.17, 15) is 0 Å². The van der Waals surface area contributed by atoms with E-state index in [1.54, 1.807) is 0 Å². The van der Waals surface area contributed by atoms with Crippen LogP contribution in [0, 0.1) is 0 Å². The van der Waals surface area contributed by atoms with Crippen molar-refractivity contribution in [2.45, 2.75) is 51.4 Å². The van der Waals surface area contributed by atoms with Gasteiger partial charge >= 0.3 is 0 Å². The van der Waals surface area contributed by atoms with E-state index in [-0.39, 0.29) is 11.2 Å². The summed E-state index contributed by atoms with van der Waals surface area (Å²) in [6.07, 6.45) is 4.85. The largest absolute Gasteiger partial charge is 0.367 e. The van der Waals surface area contributed by atoms with Crippen LogP contribution in [0.1, 0.15) is 40.2 Å². The summed E-state index contributed by atoms with van der Waals surface area (Å²) in [5, 5.41) is 4.30. The lowest BCUT2D eigenvalue weighted by Gasteiger charge is -2.27. The van der Waals surface area contributed by atoms with Crippen molar-refractivity contribution in [3.8, 4) is 0 Å². The molecule has 3 nitrogen and oxygen atoms in total. The predicted molar refractivity (Wildman–Crippen MR) is 55.1 cm³/mol. The standard InChI is InChI=1S/C11H18N2O/c1-10(2)8-9(11(3,4)14-10)13-7-5-6-12-13/h5-7,9H,8H2,1-4H3/t9-/m1/s1. The molecule has 0 unspecified atom stereocenters. The van der Waals surface area contributed by atoms with Gasteiger partial charge in [0.15, 0.2) is 0 Å². The van der Waals surface area contributed by atoms with Gasteiger partial charge in [-0.15, -0.1) is 0 Å². The molecule has 1 aromatic heterocycles. The molecule has 0 radical (unpaired) electrons. The zero-order valence-corrected chi connectivity index (χ0v) is 9.32. The molecule has 0 N–H and O–H groups in total. The second-order valence-electron chi connectivity index (χ2n) is 5.17. The Labute approximate surface area is 85.1 Å². The second-order valence-corrected chi connectivity index (χ2v) is 5.17. The summed E-state index contributed by atoms with van der Waals surface area (Å²) in [5.41, 5.74) is -0.171. The van der Waals surface area contributed by atoms with Crippen molar-refractivity contribution in [1.29, 1.82) is 0 Å². The summed E-state index contributed by atoms with van der Waals surface area (Å²) in [7, 11) is 0. The Morgan fingerprint density at radius 1 is 1.36 bits per heavy atom. The van der Waals surface area contributed by atoms with Gasteiger partial charge in [-0.25, -0.2) is 0 Å². The molecule has 3 heteroatoms. The van der Waals surface area contributed by atoms with E-state index in [4.69, 9.17) is 4.74 Å². The zero-order chi connectivity index (χ0) is 10.4. The van der Waals surface area contributed by atoms with Crippen molar-refractivity contribution in [2.75, 3.05) is 0 Å². The minimum Gasteiger partial charge on any atom is -0.367 e. The molecule has 1 aliphatic rings. The maximum absolute atomic E-state index is 6.01. The zero-order valence-electron chi connectivity index (χ0n) is 9.32. The molecule has 1 aromatic rings. The molecule has 0 amide bonds. The van der Waals surface area contributed by atoms with E-state index in [2.05, 4.69) is 32.8 Å². The summed E-state index contributed by atoms with van der Waals surface area (Å²) < 4.78 is 8.02. The first-order chi connectivity index (χ1) is 6.41. The van der Waals surface area contributed by atoms with Crippen LogP contribution in [0.15, 0.2) is 18.5 Å². The van der Waals surface area contributed by atoms with Crippen molar-refractivity contribution in [2.24, 2.45) is 0 Å². The van der Waals surface area contributed by atoms with Crippen LogP contribution in [0.2, 0.25) is 0 Å². The van der Waals surface area contributed by atoms with Crippen LogP contribution in [0.5, 0.6) is 0 Å². The van der Waals surface area contributed by atoms with Crippen molar-refractivity contribution >= 4 is 0 Å². The number of hydrogen-bond donors (Lipinski definition) is 0. The van der Waals surface area contributed by atoms with Gasteiger partial charge in [0, 0.05) is 18.8 Å². The highest BCUT2D eigenvalue weighted by molar-refractivity contribution is 4.98. The van der Waals surface area contributed by atoms with Gasteiger partial charge in [0.2, 0.25) is 0 Å². The lowest BCUT2D eigenvalue weighted by Crippen LogP contribution is -2.31. The van der Waals surface area contributed by atoms with Crippen LogP contribution >= 0.6 is 0 Å². The van der Waals surface area contributed by atoms with Crippen LogP contribution in [0.3, 0.4) is 0 Å². The lowest BCUT2D eigenvalue weighted by atomic mass is 9.95. The van der Waals surface area contributed by atoms with Crippen LogP contribution in [-0.4, -0.2) is 21.0 Å². The van der Waals surface area contributed by atoms with Crippen LogP contribution in [0.4, 0.5) is 0 Å². The molecule has 1 atom stereocenters. The molecule has 1 fully saturated rings. The Kier molecular flexibility index (Phi) is 1.96. The molecule has 2 rings (SSSR count). The van der Waals surface area contributed by atoms with Crippen LogP contribution in [0.25, 0.3) is 0 Å². The van der Waals surface area contributed by atoms with Crippen LogP contribution in [-0.2, 0) is 4.74 Å². The fraction of sp³-hybridized carbons (Fsp3) is 0.727. The highest BCUT2D eigenvalue weighted by Crippen LogP contribution is 2.44. The maximum atomic E-state index is 6.01. The first-order valence-corrected chi connectivity index (χ1v) is 5.10. The third-order valence-electron chi connectivity index (χ3n) is 2.87. The van der Waals surface area contributed by atoms with Gasteiger partial charge in [0.1, 0.15) is 0 Å². The molecule has 0 spiro atoms. The third kappa shape index (κ3) is 1.57. The Morgan fingerprint density at radius 3 is 2.50 bits per heavy atom.